The lowest BCUT2D eigenvalue weighted by Crippen LogP contribution is -2.48. The van der Waals surface area contributed by atoms with Gasteiger partial charge in [-0.05, 0) is 43.5 Å². The third kappa shape index (κ3) is 7.84. The molecule has 1 heterocycles. The standard InChI is InChI=1S/C20H29N3O4S/c1-13(2)9-21-10-19(24)18(23-20(25)26)8-15-4-6-17(7-5-15)27-11-16-12-28-14(3)22-16/h4-7,12-13,18-19,21,23-24H,8-11H2,1-3H3,(H,25,26)/t18-,19+/m0/s1. The fraction of sp³-hybridized carbons (Fsp3) is 0.500. The van der Waals surface area contributed by atoms with E-state index in [1.807, 2.05) is 36.6 Å². The number of aromatic nitrogens is 1. The van der Waals surface area contributed by atoms with Gasteiger partial charge in [0.05, 0.1) is 22.8 Å². The number of carbonyl (C=O) groups is 1. The fourth-order valence-corrected chi connectivity index (χ4v) is 3.31. The molecule has 28 heavy (non-hydrogen) atoms. The summed E-state index contributed by atoms with van der Waals surface area (Å²) in [6.07, 6.45) is -1.58. The van der Waals surface area contributed by atoms with Gasteiger partial charge < -0.3 is 25.6 Å². The van der Waals surface area contributed by atoms with Crippen LogP contribution in [-0.2, 0) is 13.0 Å². The van der Waals surface area contributed by atoms with Gasteiger partial charge in [0.1, 0.15) is 12.4 Å². The van der Waals surface area contributed by atoms with Crippen molar-refractivity contribution in [3.8, 4) is 5.75 Å². The maximum Gasteiger partial charge on any atom is 0.404 e. The summed E-state index contributed by atoms with van der Waals surface area (Å²) >= 11 is 1.59. The van der Waals surface area contributed by atoms with E-state index in [2.05, 4.69) is 29.5 Å². The predicted octanol–water partition coefficient (Wildman–Crippen LogP) is 2.82. The van der Waals surface area contributed by atoms with Crippen LogP contribution in [0.5, 0.6) is 5.75 Å². The van der Waals surface area contributed by atoms with E-state index in [-0.39, 0.29) is 0 Å². The van der Waals surface area contributed by atoms with Crippen molar-refractivity contribution in [2.45, 2.75) is 45.9 Å². The molecule has 0 aliphatic rings. The first kappa shape index (κ1) is 22.1. The number of aliphatic hydroxyl groups is 1. The van der Waals surface area contributed by atoms with E-state index in [1.54, 1.807) is 11.3 Å². The SMILES string of the molecule is Cc1nc(COc2ccc(C[C@H](NC(=O)O)[C@H](O)CNCC(C)C)cc2)cs1. The Morgan fingerprint density at radius 3 is 2.54 bits per heavy atom. The number of nitrogens with one attached hydrogen (secondary N) is 2. The van der Waals surface area contributed by atoms with Gasteiger partial charge in [0.2, 0.25) is 0 Å². The molecule has 0 fully saturated rings. The molecule has 4 N–H and O–H groups in total. The van der Waals surface area contributed by atoms with Gasteiger partial charge in [0.25, 0.3) is 0 Å². The monoisotopic (exact) mass is 407 g/mol. The number of rotatable bonds is 11. The molecule has 7 nitrogen and oxygen atoms in total. The number of nitrogens with zero attached hydrogens (tertiary/aromatic N) is 1. The first-order valence-corrected chi connectivity index (χ1v) is 10.2. The second-order valence-electron chi connectivity index (χ2n) is 7.17. The lowest BCUT2D eigenvalue weighted by Gasteiger charge is -2.24. The van der Waals surface area contributed by atoms with Gasteiger partial charge in [0, 0.05) is 11.9 Å². The molecule has 0 saturated carbocycles. The molecule has 2 aromatic rings. The van der Waals surface area contributed by atoms with Gasteiger partial charge in [-0.3, -0.25) is 0 Å². The van der Waals surface area contributed by atoms with E-state index in [4.69, 9.17) is 9.84 Å². The summed E-state index contributed by atoms with van der Waals surface area (Å²) in [6, 6.07) is 6.85. The highest BCUT2D eigenvalue weighted by Crippen LogP contribution is 2.17. The molecule has 1 amide bonds. The van der Waals surface area contributed by atoms with Crippen molar-refractivity contribution < 1.29 is 19.7 Å². The lowest BCUT2D eigenvalue weighted by molar-refractivity contribution is 0.117. The molecule has 0 radical (unpaired) electrons. The summed E-state index contributed by atoms with van der Waals surface area (Å²) in [5.74, 6) is 1.18. The van der Waals surface area contributed by atoms with Crippen LogP contribution >= 0.6 is 11.3 Å². The second kappa shape index (κ2) is 11.0. The van der Waals surface area contributed by atoms with Crippen LogP contribution in [0.3, 0.4) is 0 Å². The second-order valence-corrected chi connectivity index (χ2v) is 8.23. The van der Waals surface area contributed by atoms with Crippen LogP contribution in [0.25, 0.3) is 0 Å². The van der Waals surface area contributed by atoms with Crippen LogP contribution in [-0.4, -0.2) is 46.5 Å². The number of benzene rings is 1. The maximum absolute atomic E-state index is 11.1. The normalized spacial score (nSPS) is 13.3. The third-order valence-electron chi connectivity index (χ3n) is 4.11. The van der Waals surface area contributed by atoms with Crippen LogP contribution in [0.1, 0.15) is 30.1 Å². The molecule has 2 rings (SSSR count). The van der Waals surface area contributed by atoms with Crippen LogP contribution in [0, 0.1) is 12.8 Å². The molecule has 0 aliphatic heterocycles. The van der Waals surface area contributed by atoms with E-state index in [1.165, 1.54) is 0 Å². The molecular formula is C20H29N3O4S. The van der Waals surface area contributed by atoms with E-state index in [9.17, 15) is 9.90 Å². The van der Waals surface area contributed by atoms with Crippen LogP contribution in [0.15, 0.2) is 29.6 Å². The Bertz CT molecular complexity index is 733. The number of aryl methyl sites for hydroxylation is 1. The number of thiazole rings is 1. The predicted molar refractivity (Wildman–Crippen MR) is 110 cm³/mol. The zero-order chi connectivity index (χ0) is 20.5. The minimum absolute atomic E-state index is 0.331. The Labute approximate surface area is 169 Å². The van der Waals surface area contributed by atoms with Crippen molar-refractivity contribution in [1.29, 1.82) is 0 Å². The zero-order valence-electron chi connectivity index (χ0n) is 16.5. The van der Waals surface area contributed by atoms with E-state index in [0.717, 1.165) is 28.6 Å². The van der Waals surface area contributed by atoms with E-state index < -0.39 is 18.2 Å². The van der Waals surface area contributed by atoms with Gasteiger partial charge in [-0.15, -0.1) is 11.3 Å². The quantitative estimate of drug-likeness (QED) is 0.457. The minimum Gasteiger partial charge on any atom is -0.487 e. The average molecular weight is 408 g/mol. The van der Waals surface area contributed by atoms with Crippen molar-refractivity contribution in [3.05, 3.63) is 45.9 Å². The third-order valence-corrected chi connectivity index (χ3v) is 4.93. The number of hydrogen-bond donors (Lipinski definition) is 4. The Kier molecular flexibility index (Phi) is 8.69. The fourth-order valence-electron chi connectivity index (χ4n) is 2.71. The average Bonchev–Trinajstić information content (AvgIpc) is 3.05. The van der Waals surface area contributed by atoms with E-state index >= 15 is 0 Å². The minimum atomic E-state index is -1.15. The Hall–Kier alpha value is -2.16. The van der Waals surface area contributed by atoms with Crippen molar-refractivity contribution in [1.82, 2.24) is 15.6 Å². The summed E-state index contributed by atoms with van der Waals surface area (Å²) in [5, 5.41) is 28.0. The number of amides is 1. The van der Waals surface area contributed by atoms with Gasteiger partial charge >= 0.3 is 6.09 Å². The number of aliphatic hydroxyl groups excluding tert-OH is 1. The summed E-state index contributed by atoms with van der Waals surface area (Å²) < 4.78 is 5.73. The summed E-state index contributed by atoms with van der Waals surface area (Å²) in [7, 11) is 0. The maximum atomic E-state index is 11.1. The first-order chi connectivity index (χ1) is 13.3. The Morgan fingerprint density at radius 1 is 1.25 bits per heavy atom. The van der Waals surface area contributed by atoms with Crippen LogP contribution in [0.2, 0.25) is 0 Å². The first-order valence-electron chi connectivity index (χ1n) is 9.34. The van der Waals surface area contributed by atoms with Crippen molar-refractivity contribution in [2.24, 2.45) is 5.92 Å². The molecule has 0 saturated heterocycles. The molecule has 0 aliphatic carbocycles. The molecular weight excluding hydrogens is 378 g/mol. The smallest absolute Gasteiger partial charge is 0.404 e. The number of hydrogen-bond acceptors (Lipinski definition) is 6. The molecule has 1 aromatic carbocycles. The topological polar surface area (TPSA) is 104 Å². The lowest BCUT2D eigenvalue weighted by atomic mass is 10.0. The largest absolute Gasteiger partial charge is 0.487 e. The van der Waals surface area contributed by atoms with Gasteiger partial charge in [-0.25, -0.2) is 9.78 Å². The summed E-state index contributed by atoms with van der Waals surface area (Å²) in [5.41, 5.74) is 1.81. The van der Waals surface area contributed by atoms with Crippen molar-refractivity contribution >= 4 is 17.4 Å². The Balaban J connectivity index is 1.90. The van der Waals surface area contributed by atoms with Crippen LogP contribution < -0.4 is 15.4 Å². The molecule has 2 atom stereocenters. The van der Waals surface area contributed by atoms with Gasteiger partial charge in [-0.2, -0.15) is 0 Å². The molecule has 0 bridgehead atoms. The molecule has 8 heteroatoms. The highest BCUT2D eigenvalue weighted by molar-refractivity contribution is 7.09. The van der Waals surface area contributed by atoms with Crippen molar-refractivity contribution in [2.75, 3.05) is 13.1 Å². The van der Waals surface area contributed by atoms with Crippen LogP contribution in [0.4, 0.5) is 4.79 Å². The Morgan fingerprint density at radius 2 is 1.96 bits per heavy atom. The highest BCUT2D eigenvalue weighted by Gasteiger charge is 2.21. The molecule has 0 spiro atoms. The molecule has 0 unspecified atom stereocenters. The zero-order valence-corrected chi connectivity index (χ0v) is 17.3. The van der Waals surface area contributed by atoms with Gasteiger partial charge in [0.15, 0.2) is 0 Å². The van der Waals surface area contributed by atoms with Gasteiger partial charge in [-0.1, -0.05) is 26.0 Å². The molecule has 154 valence electrons. The number of carboxylic acid groups (broad SMARTS) is 1. The van der Waals surface area contributed by atoms with E-state index in [0.29, 0.717) is 25.5 Å². The highest BCUT2D eigenvalue weighted by atomic mass is 32.1. The summed E-state index contributed by atoms with van der Waals surface area (Å²) in [4.78, 5) is 15.5. The molecule has 1 aromatic heterocycles. The summed E-state index contributed by atoms with van der Waals surface area (Å²) in [6.45, 7) is 7.61. The number of ether oxygens (including phenoxy) is 1. The van der Waals surface area contributed by atoms with Crippen molar-refractivity contribution in [3.63, 3.8) is 0 Å².